The Labute approximate surface area is 109 Å². The predicted octanol–water partition coefficient (Wildman–Crippen LogP) is 2.17. The van der Waals surface area contributed by atoms with Crippen molar-refractivity contribution in [2.24, 2.45) is 0 Å². The van der Waals surface area contributed by atoms with Gasteiger partial charge in [-0.15, -0.1) is 0 Å². The molecule has 2 aromatic rings. The number of rotatable bonds is 2. The number of methoxy groups -OCH3 is 1. The molecular formula is C12H10ClN3O2. The van der Waals surface area contributed by atoms with Gasteiger partial charge in [-0.25, -0.2) is 14.8 Å². The number of nitrogens with two attached hydrogens (primary N) is 1. The Balaban J connectivity index is 2.50. The number of carbonyl (C=O) groups is 1. The van der Waals surface area contributed by atoms with Gasteiger partial charge in [0.15, 0.2) is 11.5 Å². The number of anilines is 1. The zero-order valence-corrected chi connectivity index (χ0v) is 10.3. The van der Waals surface area contributed by atoms with Gasteiger partial charge in [-0.1, -0.05) is 23.7 Å². The van der Waals surface area contributed by atoms with Gasteiger partial charge in [-0.05, 0) is 12.1 Å². The van der Waals surface area contributed by atoms with Crippen LogP contribution >= 0.6 is 11.6 Å². The highest BCUT2D eigenvalue weighted by atomic mass is 35.5. The molecule has 5 nitrogen and oxygen atoms in total. The Morgan fingerprint density at radius 2 is 2.22 bits per heavy atom. The van der Waals surface area contributed by atoms with Crippen LogP contribution in [-0.4, -0.2) is 23.0 Å². The fourth-order valence-electron chi connectivity index (χ4n) is 1.42. The summed E-state index contributed by atoms with van der Waals surface area (Å²) in [5.41, 5.74) is 6.54. The summed E-state index contributed by atoms with van der Waals surface area (Å²) in [7, 11) is 1.27. The SMILES string of the molecule is COC(=O)c1nc(-c2cccc(Cl)c2)ncc1N. The molecule has 0 atom stereocenters. The van der Waals surface area contributed by atoms with Gasteiger partial charge < -0.3 is 10.5 Å². The lowest BCUT2D eigenvalue weighted by atomic mass is 10.2. The zero-order chi connectivity index (χ0) is 13.1. The molecule has 0 aliphatic heterocycles. The van der Waals surface area contributed by atoms with Crippen molar-refractivity contribution in [1.29, 1.82) is 0 Å². The van der Waals surface area contributed by atoms with Gasteiger partial charge in [0, 0.05) is 10.6 Å². The van der Waals surface area contributed by atoms with E-state index in [0.717, 1.165) is 0 Å². The van der Waals surface area contributed by atoms with E-state index in [0.29, 0.717) is 16.4 Å². The van der Waals surface area contributed by atoms with Crippen LogP contribution in [0.5, 0.6) is 0 Å². The summed E-state index contributed by atoms with van der Waals surface area (Å²) in [5.74, 6) is -0.231. The zero-order valence-electron chi connectivity index (χ0n) is 9.55. The van der Waals surface area contributed by atoms with Crippen LogP contribution in [-0.2, 0) is 4.74 Å². The van der Waals surface area contributed by atoms with Crippen molar-refractivity contribution in [1.82, 2.24) is 9.97 Å². The van der Waals surface area contributed by atoms with E-state index in [-0.39, 0.29) is 11.4 Å². The maximum absolute atomic E-state index is 11.5. The lowest BCUT2D eigenvalue weighted by molar-refractivity contribution is 0.0595. The van der Waals surface area contributed by atoms with E-state index in [1.807, 2.05) is 0 Å². The summed E-state index contributed by atoms with van der Waals surface area (Å²) in [4.78, 5) is 19.6. The summed E-state index contributed by atoms with van der Waals surface area (Å²) >= 11 is 5.88. The molecule has 18 heavy (non-hydrogen) atoms. The van der Waals surface area contributed by atoms with Crippen LogP contribution in [0.3, 0.4) is 0 Å². The van der Waals surface area contributed by atoms with Gasteiger partial charge in [0.1, 0.15) is 0 Å². The molecule has 0 aliphatic carbocycles. The van der Waals surface area contributed by atoms with Crippen molar-refractivity contribution in [3.05, 3.63) is 41.2 Å². The Morgan fingerprint density at radius 1 is 1.44 bits per heavy atom. The molecule has 0 spiro atoms. The fourth-order valence-corrected chi connectivity index (χ4v) is 1.61. The molecule has 0 bridgehead atoms. The Bertz CT molecular complexity index is 602. The maximum Gasteiger partial charge on any atom is 0.358 e. The third kappa shape index (κ3) is 2.41. The van der Waals surface area contributed by atoms with Crippen molar-refractivity contribution in [3.8, 4) is 11.4 Å². The quantitative estimate of drug-likeness (QED) is 0.840. The first-order chi connectivity index (χ1) is 8.61. The van der Waals surface area contributed by atoms with E-state index in [9.17, 15) is 4.79 Å². The number of nitrogen functional groups attached to an aromatic ring is 1. The number of nitrogens with zero attached hydrogens (tertiary/aromatic N) is 2. The van der Waals surface area contributed by atoms with Crippen molar-refractivity contribution in [3.63, 3.8) is 0 Å². The number of benzene rings is 1. The summed E-state index contributed by atoms with van der Waals surface area (Å²) in [6.07, 6.45) is 1.37. The maximum atomic E-state index is 11.5. The average Bonchev–Trinajstić information content (AvgIpc) is 2.38. The van der Waals surface area contributed by atoms with E-state index in [1.54, 1.807) is 24.3 Å². The van der Waals surface area contributed by atoms with Crippen molar-refractivity contribution < 1.29 is 9.53 Å². The van der Waals surface area contributed by atoms with Crippen LogP contribution < -0.4 is 5.73 Å². The second-order valence-electron chi connectivity index (χ2n) is 3.50. The molecular weight excluding hydrogens is 254 g/mol. The topological polar surface area (TPSA) is 78.1 Å². The lowest BCUT2D eigenvalue weighted by Crippen LogP contribution is -2.10. The molecule has 92 valence electrons. The predicted molar refractivity (Wildman–Crippen MR) is 68.2 cm³/mol. The van der Waals surface area contributed by atoms with Crippen LogP contribution in [0.2, 0.25) is 5.02 Å². The monoisotopic (exact) mass is 263 g/mol. The third-order valence-electron chi connectivity index (χ3n) is 2.28. The minimum absolute atomic E-state index is 0.0440. The Morgan fingerprint density at radius 3 is 2.89 bits per heavy atom. The van der Waals surface area contributed by atoms with Gasteiger partial charge in [-0.3, -0.25) is 0 Å². The van der Waals surface area contributed by atoms with Gasteiger partial charge in [0.05, 0.1) is 19.0 Å². The summed E-state index contributed by atoms with van der Waals surface area (Å²) < 4.78 is 4.60. The molecule has 1 heterocycles. The number of esters is 1. The largest absolute Gasteiger partial charge is 0.464 e. The van der Waals surface area contributed by atoms with Crippen LogP contribution in [0.25, 0.3) is 11.4 Å². The minimum atomic E-state index is -0.599. The summed E-state index contributed by atoms with van der Waals surface area (Å²) in [6, 6.07) is 7.01. The number of aromatic nitrogens is 2. The summed E-state index contributed by atoms with van der Waals surface area (Å²) in [5, 5.41) is 0.563. The first-order valence-electron chi connectivity index (χ1n) is 5.08. The number of hydrogen-bond acceptors (Lipinski definition) is 5. The second-order valence-corrected chi connectivity index (χ2v) is 3.94. The molecule has 1 aromatic heterocycles. The van der Waals surface area contributed by atoms with E-state index in [4.69, 9.17) is 17.3 Å². The van der Waals surface area contributed by atoms with Crippen LogP contribution in [0, 0.1) is 0 Å². The Kier molecular flexibility index (Phi) is 3.43. The lowest BCUT2D eigenvalue weighted by Gasteiger charge is -2.05. The van der Waals surface area contributed by atoms with Gasteiger partial charge >= 0.3 is 5.97 Å². The van der Waals surface area contributed by atoms with Crippen molar-refractivity contribution >= 4 is 23.3 Å². The smallest absolute Gasteiger partial charge is 0.358 e. The molecule has 0 unspecified atom stereocenters. The molecule has 0 fully saturated rings. The van der Waals surface area contributed by atoms with Crippen LogP contribution in [0.1, 0.15) is 10.5 Å². The highest BCUT2D eigenvalue weighted by Crippen LogP contribution is 2.21. The third-order valence-corrected chi connectivity index (χ3v) is 2.51. The molecule has 2 rings (SSSR count). The average molecular weight is 264 g/mol. The molecule has 2 N–H and O–H groups in total. The highest BCUT2D eigenvalue weighted by Gasteiger charge is 2.14. The minimum Gasteiger partial charge on any atom is -0.464 e. The van der Waals surface area contributed by atoms with Gasteiger partial charge in [0.2, 0.25) is 0 Å². The van der Waals surface area contributed by atoms with Crippen molar-refractivity contribution in [2.75, 3.05) is 12.8 Å². The number of carbonyl (C=O) groups excluding carboxylic acids is 1. The van der Waals surface area contributed by atoms with Crippen LogP contribution in [0.15, 0.2) is 30.5 Å². The van der Waals surface area contributed by atoms with E-state index in [2.05, 4.69) is 14.7 Å². The molecule has 1 aromatic carbocycles. The number of hydrogen-bond donors (Lipinski definition) is 1. The van der Waals surface area contributed by atoms with Crippen molar-refractivity contribution in [2.45, 2.75) is 0 Å². The number of halogens is 1. The molecule has 0 saturated carbocycles. The first-order valence-corrected chi connectivity index (χ1v) is 5.46. The molecule has 6 heteroatoms. The van der Waals surface area contributed by atoms with E-state index in [1.165, 1.54) is 13.3 Å². The Hall–Kier alpha value is -2.14. The summed E-state index contributed by atoms with van der Waals surface area (Å²) in [6.45, 7) is 0. The normalized spacial score (nSPS) is 10.1. The van der Waals surface area contributed by atoms with E-state index < -0.39 is 5.97 Å². The molecule has 0 aliphatic rings. The van der Waals surface area contributed by atoms with Gasteiger partial charge in [-0.2, -0.15) is 0 Å². The number of ether oxygens (including phenoxy) is 1. The first kappa shape index (κ1) is 12.3. The molecule has 0 radical (unpaired) electrons. The molecule has 0 saturated heterocycles. The van der Waals surface area contributed by atoms with E-state index >= 15 is 0 Å². The standard InChI is InChI=1S/C12H10ClN3O2/c1-18-12(17)10-9(14)6-15-11(16-10)7-3-2-4-8(13)5-7/h2-6H,14H2,1H3. The highest BCUT2D eigenvalue weighted by molar-refractivity contribution is 6.30. The van der Waals surface area contributed by atoms with Gasteiger partial charge in [0.25, 0.3) is 0 Å². The second kappa shape index (κ2) is 5.01. The molecule has 0 amide bonds. The van der Waals surface area contributed by atoms with Crippen LogP contribution in [0.4, 0.5) is 5.69 Å². The fraction of sp³-hybridized carbons (Fsp3) is 0.0833.